The summed E-state index contributed by atoms with van der Waals surface area (Å²) < 4.78 is 17.9. The van der Waals surface area contributed by atoms with E-state index < -0.39 is 5.60 Å². The Morgan fingerprint density at radius 2 is 1.83 bits per heavy atom. The van der Waals surface area contributed by atoms with Gasteiger partial charge in [0.15, 0.2) is 0 Å². The Morgan fingerprint density at radius 3 is 2.50 bits per heavy atom. The van der Waals surface area contributed by atoms with Crippen molar-refractivity contribution in [2.45, 2.75) is 52.1 Å². The molecule has 24 heavy (non-hydrogen) atoms. The first-order chi connectivity index (χ1) is 11.4. The van der Waals surface area contributed by atoms with Crippen LogP contribution in [0.1, 0.15) is 46.5 Å². The Bertz CT molecular complexity index is 559. The molecule has 0 fully saturated rings. The highest BCUT2D eigenvalue weighted by atomic mass is 19.1. The van der Waals surface area contributed by atoms with Gasteiger partial charge in [-0.25, -0.2) is 14.2 Å². The van der Waals surface area contributed by atoms with Gasteiger partial charge in [0.25, 0.3) is 0 Å². The van der Waals surface area contributed by atoms with Crippen LogP contribution in [0.25, 0.3) is 0 Å². The zero-order valence-corrected chi connectivity index (χ0v) is 14.6. The topological polar surface area (TPSA) is 63.0 Å². The van der Waals surface area contributed by atoms with Crippen molar-refractivity contribution in [3.8, 4) is 0 Å². The number of aliphatic imine (C=N–C) groups is 2. The number of nitrogens with one attached hydrogen (secondary N) is 1. The second-order valence-corrected chi connectivity index (χ2v) is 6.41. The van der Waals surface area contributed by atoms with Crippen molar-refractivity contribution in [1.29, 1.82) is 0 Å². The molecule has 132 valence electrons. The van der Waals surface area contributed by atoms with Gasteiger partial charge in [0.05, 0.1) is 11.7 Å². The van der Waals surface area contributed by atoms with E-state index in [9.17, 15) is 9.18 Å². The minimum Gasteiger partial charge on any atom is -0.444 e. The van der Waals surface area contributed by atoms with Crippen molar-refractivity contribution in [1.82, 2.24) is 5.32 Å². The fourth-order valence-corrected chi connectivity index (χ4v) is 1.83. The van der Waals surface area contributed by atoms with Gasteiger partial charge in [-0.05, 0) is 57.9 Å². The molecule has 0 spiro atoms. The average Bonchev–Trinajstić information content (AvgIpc) is 2.49. The highest BCUT2D eigenvalue weighted by Crippen LogP contribution is 2.10. The number of ether oxygens (including phenoxy) is 1. The Labute approximate surface area is 143 Å². The van der Waals surface area contributed by atoms with Crippen LogP contribution in [0.3, 0.4) is 0 Å². The molecular formula is C18H26FN3O2. The van der Waals surface area contributed by atoms with Gasteiger partial charge in [-0.15, -0.1) is 0 Å². The minimum atomic E-state index is -0.461. The van der Waals surface area contributed by atoms with Crippen LogP contribution in [-0.2, 0) is 4.74 Å². The number of alkyl carbamates (subject to hydrolysis) is 1. The number of carbonyl (C=O) groups is 1. The first-order valence-corrected chi connectivity index (χ1v) is 8.21. The fourth-order valence-electron chi connectivity index (χ4n) is 1.83. The summed E-state index contributed by atoms with van der Waals surface area (Å²) in [7, 11) is 0. The molecule has 1 aromatic rings. The van der Waals surface area contributed by atoms with E-state index in [-0.39, 0.29) is 11.9 Å². The third kappa shape index (κ3) is 10.5. The summed E-state index contributed by atoms with van der Waals surface area (Å²) in [5.74, 6) is -0.285. The fraction of sp³-hybridized carbons (Fsp3) is 0.556. The van der Waals surface area contributed by atoms with Gasteiger partial charge in [-0.3, -0.25) is 0 Å². The molecule has 6 heteroatoms. The predicted octanol–water partition coefficient (Wildman–Crippen LogP) is 4.72. The zero-order valence-electron chi connectivity index (χ0n) is 14.6. The Morgan fingerprint density at radius 1 is 1.17 bits per heavy atom. The van der Waals surface area contributed by atoms with Crippen LogP contribution < -0.4 is 5.32 Å². The van der Waals surface area contributed by atoms with Crippen molar-refractivity contribution < 1.29 is 13.9 Å². The summed E-state index contributed by atoms with van der Waals surface area (Å²) in [6.45, 7) is 6.79. The van der Waals surface area contributed by atoms with Crippen LogP contribution in [0, 0.1) is 5.82 Å². The molecule has 5 nitrogen and oxygen atoms in total. The Hall–Kier alpha value is -2.20. The Balaban J connectivity index is 2.03. The van der Waals surface area contributed by atoms with Crippen molar-refractivity contribution in [3.05, 3.63) is 30.1 Å². The van der Waals surface area contributed by atoms with Crippen LogP contribution in [-0.4, -0.2) is 30.8 Å². The Kier molecular flexibility index (Phi) is 8.72. The first kappa shape index (κ1) is 19.8. The number of hydrogen-bond acceptors (Lipinski definition) is 4. The molecule has 0 unspecified atom stereocenters. The summed E-state index contributed by atoms with van der Waals surface area (Å²) in [5.41, 5.74) is 0.172. The number of carbonyl (C=O) groups excluding carboxylic acids is 1. The maximum absolute atomic E-state index is 12.7. The SMILES string of the molecule is CC(C)(C)OC(=O)NCCCCCCN=C=Nc1ccc(F)cc1. The monoisotopic (exact) mass is 335 g/mol. The smallest absolute Gasteiger partial charge is 0.407 e. The molecule has 0 radical (unpaired) electrons. The van der Waals surface area contributed by atoms with Gasteiger partial charge < -0.3 is 10.1 Å². The summed E-state index contributed by atoms with van der Waals surface area (Å²) in [4.78, 5) is 19.5. The third-order valence-electron chi connectivity index (χ3n) is 2.94. The van der Waals surface area contributed by atoms with E-state index in [0.717, 1.165) is 25.7 Å². The predicted molar refractivity (Wildman–Crippen MR) is 93.5 cm³/mol. The van der Waals surface area contributed by atoms with Crippen LogP contribution in [0.5, 0.6) is 0 Å². The van der Waals surface area contributed by atoms with Crippen LogP contribution >= 0.6 is 0 Å². The van der Waals surface area contributed by atoms with E-state index in [4.69, 9.17) is 4.74 Å². The number of amides is 1. The first-order valence-electron chi connectivity index (χ1n) is 8.21. The molecule has 1 rings (SSSR count). The summed E-state index contributed by atoms with van der Waals surface area (Å²) in [6, 6.07) is 8.48. The van der Waals surface area contributed by atoms with Gasteiger partial charge in [-0.1, -0.05) is 12.8 Å². The van der Waals surface area contributed by atoms with Gasteiger partial charge in [0.1, 0.15) is 11.4 Å². The molecular weight excluding hydrogens is 309 g/mol. The third-order valence-corrected chi connectivity index (χ3v) is 2.94. The number of nitrogens with zero attached hydrogens (tertiary/aromatic N) is 2. The van der Waals surface area contributed by atoms with Crippen molar-refractivity contribution >= 4 is 17.8 Å². The van der Waals surface area contributed by atoms with E-state index in [0.29, 0.717) is 18.8 Å². The summed E-state index contributed by atoms with van der Waals surface area (Å²) in [6.07, 6.45) is 3.52. The quantitative estimate of drug-likeness (QED) is 0.552. The normalized spacial score (nSPS) is 10.7. The van der Waals surface area contributed by atoms with E-state index in [1.807, 2.05) is 20.8 Å². The lowest BCUT2D eigenvalue weighted by atomic mass is 10.2. The van der Waals surface area contributed by atoms with Gasteiger partial charge in [-0.2, -0.15) is 4.99 Å². The van der Waals surface area contributed by atoms with Crippen molar-refractivity contribution in [2.24, 2.45) is 9.98 Å². The number of rotatable bonds is 8. The number of benzene rings is 1. The van der Waals surface area contributed by atoms with Crippen LogP contribution in [0.2, 0.25) is 0 Å². The number of unbranched alkanes of at least 4 members (excludes halogenated alkanes) is 3. The standard InChI is InChI=1S/C18H26FN3O2/c1-18(2,3)24-17(23)21-13-7-5-4-6-12-20-14-22-16-10-8-15(19)9-11-16/h8-11H,4-7,12-13H2,1-3H3,(H,21,23). The van der Waals surface area contributed by atoms with Crippen LogP contribution in [0.4, 0.5) is 14.9 Å². The molecule has 0 bridgehead atoms. The van der Waals surface area contributed by atoms with Crippen molar-refractivity contribution in [3.63, 3.8) is 0 Å². The lowest BCUT2D eigenvalue weighted by Gasteiger charge is -2.19. The molecule has 0 aliphatic carbocycles. The molecule has 0 aliphatic heterocycles. The lowest BCUT2D eigenvalue weighted by Crippen LogP contribution is -2.32. The summed E-state index contributed by atoms with van der Waals surface area (Å²) >= 11 is 0. The number of hydrogen-bond donors (Lipinski definition) is 1. The minimum absolute atomic E-state index is 0.285. The maximum atomic E-state index is 12.7. The molecule has 1 amide bonds. The van der Waals surface area contributed by atoms with E-state index >= 15 is 0 Å². The average molecular weight is 335 g/mol. The molecule has 1 aromatic carbocycles. The van der Waals surface area contributed by atoms with Gasteiger partial charge in [0, 0.05) is 13.1 Å². The van der Waals surface area contributed by atoms with E-state index in [1.54, 1.807) is 12.1 Å². The zero-order chi connectivity index (χ0) is 17.8. The molecule has 0 aromatic heterocycles. The molecule has 0 heterocycles. The van der Waals surface area contributed by atoms with E-state index in [1.165, 1.54) is 12.1 Å². The highest BCUT2D eigenvalue weighted by Gasteiger charge is 2.15. The summed E-state index contributed by atoms with van der Waals surface area (Å²) in [5, 5.41) is 2.73. The lowest BCUT2D eigenvalue weighted by molar-refractivity contribution is 0.0527. The molecule has 0 aliphatic rings. The molecule has 0 atom stereocenters. The van der Waals surface area contributed by atoms with E-state index in [2.05, 4.69) is 21.3 Å². The molecule has 1 N–H and O–H groups in total. The number of halogens is 1. The second kappa shape index (κ2) is 10.6. The van der Waals surface area contributed by atoms with Crippen LogP contribution in [0.15, 0.2) is 34.3 Å². The van der Waals surface area contributed by atoms with Gasteiger partial charge >= 0.3 is 6.09 Å². The van der Waals surface area contributed by atoms with Crippen molar-refractivity contribution in [2.75, 3.05) is 13.1 Å². The molecule has 0 saturated carbocycles. The second-order valence-electron chi connectivity index (χ2n) is 6.41. The maximum Gasteiger partial charge on any atom is 0.407 e. The van der Waals surface area contributed by atoms with Gasteiger partial charge in [0.2, 0.25) is 0 Å². The largest absolute Gasteiger partial charge is 0.444 e. The molecule has 0 saturated heterocycles. The highest BCUT2D eigenvalue weighted by molar-refractivity contribution is 5.67.